The minimum Gasteiger partial charge on any atom is -0.480 e. The van der Waals surface area contributed by atoms with E-state index in [4.69, 9.17) is 16.2 Å². The minimum atomic E-state index is -0.126. The number of carbonyl (C=O) groups excluding carboxylic acids is 1. The number of terminal acetylenes is 1. The lowest BCUT2D eigenvalue weighted by atomic mass is 10.0. The first-order valence-corrected chi connectivity index (χ1v) is 13.5. The number of rotatable bonds is 7. The second-order valence-corrected chi connectivity index (χ2v) is 9.89. The molecule has 1 aliphatic rings. The third kappa shape index (κ3) is 5.22. The maximum absolute atomic E-state index is 13.9. The third-order valence-corrected chi connectivity index (χ3v) is 7.46. The first-order valence-electron chi connectivity index (χ1n) is 12.7. The third-order valence-electron chi connectivity index (χ3n) is 6.50. The Morgan fingerprint density at radius 2 is 1.61 bits per heavy atom. The van der Waals surface area contributed by atoms with E-state index in [2.05, 4.69) is 44.0 Å². The Bertz CT molecular complexity index is 1580. The van der Waals surface area contributed by atoms with E-state index in [1.54, 1.807) is 4.90 Å². The summed E-state index contributed by atoms with van der Waals surface area (Å²) in [6.45, 7) is 4.38. The normalized spacial score (nSPS) is 15.4. The number of thioether (sulfide) groups is 1. The fourth-order valence-electron chi connectivity index (χ4n) is 4.37. The van der Waals surface area contributed by atoms with Crippen molar-refractivity contribution < 1.29 is 9.53 Å². The van der Waals surface area contributed by atoms with Gasteiger partial charge in [-0.05, 0) is 82.9 Å². The Hall–Kier alpha value is -4.27. The van der Waals surface area contributed by atoms with Gasteiger partial charge in [0.2, 0.25) is 0 Å². The molecule has 1 saturated heterocycles. The Kier molecular flexibility index (Phi) is 7.62. The average molecular weight is 517 g/mol. The summed E-state index contributed by atoms with van der Waals surface area (Å²) in [6.07, 6.45) is 9.26. The summed E-state index contributed by atoms with van der Waals surface area (Å²) in [4.78, 5) is 21.1. The van der Waals surface area contributed by atoms with E-state index in [-0.39, 0.29) is 12.5 Å². The Balaban J connectivity index is 1.62. The topological polar surface area (TPSA) is 41.9 Å². The van der Waals surface area contributed by atoms with Crippen LogP contribution >= 0.6 is 11.8 Å². The molecule has 0 saturated carbocycles. The molecule has 188 valence electrons. The van der Waals surface area contributed by atoms with Gasteiger partial charge in [-0.1, -0.05) is 74.4 Å². The van der Waals surface area contributed by atoms with Gasteiger partial charge in [0, 0.05) is 5.56 Å². The molecule has 1 amide bonds. The Morgan fingerprint density at radius 1 is 0.921 bits per heavy atom. The van der Waals surface area contributed by atoms with Crippen molar-refractivity contribution in [3.05, 3.63) is 107 Å². The van der Waals surface area contributed by atoms with E-state index < -0.39 is 0 Å². The fourth-order valence-corrected chi connectivity index (χ4v) is 5.36. The smallest absolute Gasteiger partial charge is 0.271 e. The molecule has 4 aromatic rings. The quantitative estimate of drug-likeness (QED) is 0.186. The van der Waals surface area contributed by atoms with Gasteiger partial charge in [-0.3, -0.25) is 9.69 Å². The van der Waals surface area contributed by atoms with Gasteiger partial charge in [0.15, 0.2) is 5.17 Å². The number of amides is 1. The van der Waals surface area contributed by atoms with Crippen LogP contribution in [0, 0.1) is 12.3 Å². The van der Waals surface area contributed by atoms with Crippen molar-refractivity contribution in [3.8, 4) is 18.1 Å². The van der Waals surface area contributed by atoms with Crippen LogP contribution in [0.25, 0.3) is 16.8 Å². The summed E-state index contributed by atoms with van der Waals surface area (Å²) >= 11 is 1.36. The number of carbonyl (C=O) groups is 1. The van der Waals surface area contributed by atoms with E-state index >= 15 is 0 Å². The molecular formula is C33H28N2O2S. The maximum atomic E-state index is 13.9. The number of nitrogens with zero attached hydrogens (tertiary/aromatic N) is 2. The highest BCUT2D eigenvalue weighted by molar-refractivity contribution is 8.19. The molecule has 0 radical (unpaired) electrons. The SMILES string of the molecule is C#CCOc1ccc2ccccc2c1/C=C1\SC(=Nc2ccc(CC)cc2)N(c2ccc(CC)cc2)C1=O. The monoisotopic (exact) mass is 516 g/mol. The second-order valence-electron chi connectivity index (χ2n) is 8.88. The number of ether oxygens (including phenoxy) is 1. The zero-order valence-electron chi connectivity index (χ0n) is 21.5. The van der Waals surface area contributed by atoms with Gasteiger partial charge in [0.25, 0.3) is 5.91 Å². The van der Waals surface area contributed by atoms with Crippen LogP contribution in [0.2, 0.25) is 0 Å². The second kappa shape index (κ2) is 11.4. The lowest BCUT2D eigenvalue weighted by Crippen LogP contribution is -2.28. The van der Waals surface area contributed by atoms with Crippen LogP contribution < -0.4 is 9.64 Å². The fraction of sp³-hybridized carbons (Fsp3) is 0.152. The maximum Gasteiger partial charge on any atom is 0.271 e. The number of benzene rings is 4. The predicted molar refractivity (Wildman–Crippen MR) is 160 cm³/mol. The van der Waals surface area contributed by atoms with E-state index in [1.807, 2.05) is 66.7 Å². The van der Waals surface area contributed by atoms with E-state index in [0.717, 1.165) is 40.6 Å². The molecule has 0 spiro atoms. The van der Waals surface area contributed by atoms with Crippen molar-refractivity contribution in [2.75, 3.05) is 11.5 Å². The molecule has 0 aliphatic carbocycles. The average Bonchev–Trinajstić information content (AvgIpc) is 3.26. The van der Waals surface area contributed by atoms with Gasteiger partial charge in [-0.15, -0.1) is 6.42 Å². The summed E-state index contributed by atoms with van der Waals surface area (Å²) in [5.74, 6) is 3.05. The van der Waals surface area contributed by atoms with Gasteiger partial charge in [-0.2, -0.15) is 0 Å². The number of hydrogen-bond donors (Lipinski definition) is 0. The molecule has 0 bridgehead atoms. The predicted octanol–water partition coefficient (Wildman–Crippen LogP) is 7.79. The number of amidine groups is 1. The molecule has 5 rings (SSSR count). The molecule has 1 aliphatic heterocycles. The molecule has 0 N–H and O–H groups in total. The molecule has 0 aromatic heterocycles. The van der Waals surface area contributed by atoms with Crippen LogP contribution in [0.5, 0.6) is 5.75 Å². The van der Waals surface area contributed by atoms with Crippen LogP contribution in [0.1, 0.15) is 30.5 Å². The van der Waals surface area contributed by atoms with Crippen molar-refractivity contribution in [2.45, 2.75) is 26.7 Å². The standard InChI is InChI=1S/C33H28N2O2S/c1-4-21-37-30-20-15-25-9-7-8-10-28(25)29(30)22-31-32(36)35(27-18-13-24(6-3)14-19-27)33(38-31)34-26-16-11-23(5-2)12-17-26/h1,7-20,22H,5-6,21H2,2-3H3/b31-22-,34-33?. The van der Waals surface area contributed by atoms with Gasteiger partial charge in [0.1, 0.15) is 12.4 Å². The summed E-state index contributed by atoms with van der Waals surface area (Å²) < 4.78 is 5.88. The zero-order valence-corrected chi connectivity index (χ0v) is 22.3. The molecule has 1 heterocycles. The lowest BCUT2D eigenvalue weighted by Gasteiger charge is -2.16. The summed E-state index contributed by atoms with van der Waals surface area (Å²) in [6, 6.07) is 28.2. The number of anilines is 1. The molecule has 5 heteroatoms. The summed E-state index contributed by atoms with van der Waals surface area (Å²) in [5.41, 5.74) is 4.87. The molecule has 4 aromatic carbocycles. The minimum absolute atomic E-state index is 0.126. The van der Waals surface area contributed by atoms with E-state index in [9.17, 15) is 4.79 Å². The molecule has 1 fully saturated rings. The van der Waals surface area contributed by atoms with Crippen molar-refractivity contribution in [1.29, 1.82) is 0 Å². The van der Waals surface area contributed by atoms with Gasteiger partial charge in [-0.25, -0.2) is 4.99 Å². The van der Waals surface area contributed by atoms with Gasteiger partial charge >= 0.3 is 0 Å². The van der Waals surface area contributed by atoms with Crippen LogP contribution in [-0.2, 0) is 17.6 Å². The molecule has 0 atom stereocenters. The highest BCUT2D eigenvalue weighted by Gasteiger charge is 2.35. The van der Waals surface area contributed by atoms with Crippen molar-refractivity contribution in [2.24, 2.45) is 4.99 Å². The first-order chi connectivity index (χ1) is 18.6. The van der Waals surface area contributed by atoms with Gasteiger partial charge in [0.05, 0.1) is 16.3 Å². The summed E-state index contributed by atoms with van der Waals surface area (Å²) in [5, 5.41) is 2.66. The highest BCUT2D eigenvalue weighted by Crippen LogP contribution is 2.40. The van der Waals surface area contributed by atoms with Crippen LogP contribution in [0.15, 0.2) is 94.8 Å². The molecular weight excluding hydrogens is 488 g/mol. The van der Waals surface area contributed by atoms with Crippen LogP contribution in [0.3, 0.4) is 0 Å². The highest BCUT2D eigenvalue weighted by atomic mass is 32.2. The molecule has 38 heavy (non-hydrogen) atoms. The molecule has 4 nitrogen and oxygen atoms in total. The zero-order chi connectivity index (χ0) is 26.5. The van der Waals surface area contributed by atoms with E-state index in [1.165, 1.54) is 22.9 Å². The first kappa shape index (κ1) is 25.4. The van der Waals surface area contributed by atoms with Gasteiger partial charge < -0.3 is 4.74 Å². The van der Waals surface area contributed by atoms with Crippen molar-refractivity contribution in [3.63, 3.8) is 0 Å². The number of hydrogen-bond acceptors (Lipinski definition) is 4. The van der Waals surface area contributed by atoms with Crippen LogP contribution in [-0.4, -0.2) is 17.7 Å². The largest absolute Gasteiger partial charge is 0.480 e. The van der Waals surface area contributed by atoms with Crippen LogP contribution in [0.4, 0.5) is 11.4 Å². The number of aliphatic imine (C=N–C) groups is 1. The van der Waals surface area contributed by atoms with E-state index in [0.29, 0.717) is 15.8 Å². The Morgan fingerprint density at radius 3 is 2.29 bits per heavy atom. The number of aryl methyl sites for hydroxylation is 2. The van der Waals surface area contributed by atoms with Crippen molar-refractivity contribution >= 4 is 51.1 Å². The molecule has 0 unspecified atom stereocenters. The lowest BCUT2D eigenvalue weighted by molar-refractivity contribution is -0.113. The number of fused-ring (bicyclic) bond motifs is 1. The summed E-state index contributed by atoms with van der Waals surface area (Å²) in [7, 11) is 0. The Labute approximate surface area is 228 Å². The van der Waals surface area contributed by atoms with Crippen molar-refractivity contribution in [1.82, 2.24) is 0 Å².